The fraction of sp³-hybridized carbons (Fsp3) is 0.407. The van der Waals surface area contributed by atoms with Gasteiger partial charge in [0.2, 0.25) is 12.3 Å². The standard InChI is InChI=1S/C27H27FN4O5S/c28-19-4-1-16-2-6-23(35)31-13-17(24(19)25(16)31)12-30(9-10-33)8-7-27-15-32(26(36-27)37-27)18-3-5-21-20(11-18)29-22(34)14-38-21/h1-6,11,17,26,33H,7-10,12-15H2,(H,29,34). The molecule has 0 radical (unpaired) electrons. The molecule has 1 unspecified atom stereocenters. The SMILES string of the molecule is O=C1CSc2ccc(N3CC4(CCN(CCO)CC5Cn6c(=O)ccc7ccc(F)c5c76)OC3O4)cc2N1. The number of benzene rings is 2. The van der Waals surface area contributed by atoms with Gasteiger partial charge in [0.05, 0.1) is 30.1 Å². The summed E-state index contributed by atoms with van der Waals surface area (Å²) in [5, 5.41) is 13.5. The zero-order valence-corrected chi connectivity index (χ0v) is 21.4. The number of thioether (sulfide) groups is 1. The molecule has 2 aromatic carbocycles. The fourth-order valence-electron chi connectivity index (χ4n) is 6.08. The molecule has 11 heteroatoms. The van der Waals surface area contributed by atoms with Crippen molar-refractivity contribution < 1.29 is 23.8 Å². The predicted molar refractivity (Wildman–Crippen MR) is 141 cm³/mol. The van der Waals surface area contributed by atoms with Crippen LogP contribution in [0.5, 0.6) is 0 Å². The fourth-order valence-corrected chi connectivity index (χ4v) is 6.86. The first-order chi connectivity index (χ1) is 18.4. The molecule has 2 bridgehead atoms. The van der Waals surface area contributed by atoms with Gasteiger partial charge in [0.15, 0.2) is 5.79 Å². The molecule has 1 atom stereocenters. The summed E-state index contributed by atoms with van der Waals surface area (Å²) < 4.78 is 28.8. The summed E-state index contributed by atoms with van der Waals surface area (Å²) in [7, 11) is 0. The van der Waals surface area contributed by atoms with Crippen molar-refractivity contribution in [3.05, 3.63) is 64.2 Å². The van der Waals surface area contributed by atoms with Gasteiger partial charge in [-0.15, -0.1) is 11.8 Å². The number of hydrogen-bond donors (Lipinski definition) is 2. The second kappa shape index (κ2) is 9.06. The Morgan fingerprint density at radius 2 is 2.00 bits per heavy atom. The number of halogens is 1. The van der Waals surface area contributed by atoms with Gasteiger partial charge in [-0.05, 0) is 41.8 Å². The van der Waals surface area contributed by atoms with Gasteiger partial charge in [0.25, 0.3) is 5.56 Å². The Morgan fingerprint density at radius 3 is 2.84 bits per heavy atom. The number of amides is 1. The maximum atomic E-state index is 14.9. The van der Waals surface area contributed by atoms with Crippen LogP contribution in [0.1, 0.15) is 17.9 Å². The number of nitrogens with zero attached hydrogens (tertiary/aromatic N) is 3. The number of carbonyl (C=O) groups excluding carboxylic acids is 1. The lowest BCUT2D eigenvalue weighted by Crippen LogP contribution is -2.49. The smallest absolute Gasteiger partial charge is 0.251 e. The Kier molecular flexibility index (Phi) is 5.75. The number of rotatable bonds is 8. The lowest BCUT2D eigenvalue weighted by Gasteiger charge is -2.38. The van der Waals surface area contributed by atoms with Gasteiger partial charge >= 0.3 is 0 Å². The second-order valence-electron chi connectivity index (χ2n) is 10.3. The minimum atomic E-state index is -0.757. The van der Waals surface area contributed by atoms with Crippen molar-refractivity contribution in [1.29, 1.82) is 0 Å². The minimum absolute atomic E-state index is 0.00957. The van der Waals surface area contributed by atoms with Crippen molar-refractivity contribution in [2.24, 2.45) is 0 Å². The number of hydrogen-bond acceptors (Lipinski definition) is 8. The molecule has 3 fully saturated rings. The van der Waals surface area contributed by atoms with Crippen molar-refractivity contribution in [1.82, 2.24) is 9.47 Å². The first kappa shape index (κ1) is 24.1. The highest BCUT2D eigenvalue weighted by molar-refractivity contribution is 8.00. The Bertz CT molecular complexity index is 1510. The molecule has 5 aliphatic rings. The van der Waals surface area contributed by atoms with E-state index in [2.05, 4.69) is 10.2 Å². The highest BCUT2D eigenvalue weighted by Crippen LogP contribution is 2.46. The lowest BCUT2D eigenvalue weighted by molar-refractivity contribution is -0.406. The average Bonchev–Trinajstić information content (AvgIpc) is 3.57. The van der Waals surface area contributed by atoms with Crippen LogP contribution >= 0.6 is 11.8 Å². The number of aromatic nitrogens is 1. The molecule has 198 valence electrons. The predicted octanol–water partition coefficient (Wildman–Crippen LogP) is 2.51. The molecule has 3 saturated heterocycles. The largest absolute Gasteiger partial charge is 0.395 e. The topological polar surface area (TPSA) is 96.3 Å². The molecule has 3 aromatic rings. The van der Waals surface area contributed by atoms with Crippen LogP contribution < -0.4 is 15.8 Å². The van der Waals surface area contributed by atoms with Crippen molar-refractivity contribution in [3.63, 3.8) is 0 Å². The van der Waals surface area contributed by atoms with Crippen LogP contribution in [0.2, 0.25) is 0 Å². The van der Waals surface area contributed by atoms with E-state index in [9.17, 15) is 19.1 Å². The van der Waals surface area contributed by atoms with Crippen LogP contribution in [0.25, 0.3) is 10.9 Å². The number of pyridine rings is 1. The van der Waals surface area contributed by atoms with E-state index in [1.165, 1.54) is 23.9 Å². The van der Waals surface area contributed by atoms with Gasteiger partial charge in [-0.1, -0.05) is 0 Å². The van der Waals surface area contributed by atoms with Gasteiger partial charge in [0, 0.05) is 60.7 Å². The second-order valence-corrected chi connectivity index (χ2v) is 11.3. The summed E-state index contributed by atoms with van der Waals surface area (Å²) in [5.74, 6) is -0.847. The molecule has 1 amide bonds. The van der Waals surface area contributed by atoms with Gasteiger partial charge in [-0.2, -0.15) is 0 Å². The first-order valence-electron chi connectivity index (χ1n) is 12.8. The molecule has 5 aliphatic heterocycles. The van der Waals surface area contributed by atoms with E-state index in [1.54, 1.807) is 16.7 Å². The molecule has 0 saturated carbocycles. The Morgan fingerprint density at radius 1 is 1.16 bits per heavy atom. The quantitative estimate of drug-likeness (QED) is 0.452. The van der Waals surface area contributed by atoms with Crippen LogP contribution in [0, 0.1) is 5.82 Å². The molecular weight excluding hydrogens is 511 g/mol. The third-order valence-electron chi connectivity index (χ3n) is 7.88. The zero-order chi connectivity index (χ0) is 26.0. The summed E-state index contributed by atoms with van der Waals surface area (Å²) >= 11 is 1.52. The molecule has 1 aromatic heterocycles. The highest BCUT2D eigenvalue weighted by Gasteiger charge is 2.58. The van der Waals surface area contributed by atoms with E-state index in [1.807, 2.05) is 23.1 Å². The molecule has 9 nitrogen and oxygen atoms in total. The number of carbonyl (C=O) groups is 1. The van der Waals surface area contributed by atoms with Gasteiger partial charge in [0.1, 0.15) is 5.82 Å². The molecule has 6 heterocycles. The number of fused-ring (bicyclic) bond motifs is 2. The molecule has 8 rings (SSSR count). The Labute approximate surface area is 222 Å². The van der Waals surface area contributed by atoms with Crippen LogP contribution in [0.4, 0.5) is 15.8 Å². The van der Waals surface area contributed by atoms with Crippen molar-refractivity contribution in [2.75, 3.05) is 48.8 Å². The lowest BCUT2D eigenvalue weighted by atomic mass is 9.98. The molecule has 38 heavy (non-hydrogen) atoms. The molecule has 0 aliphatic carbocycles. The monoisotopic (exact) mass is 538 g/mol. The summed E-state index contributed by atoms with van der Waals surface area (Å²) in [5.41, 5.74) is 2.83. The first-order valence-corrected chi connectivity index (χ1v) is 13.8. The van der Waals surface area contributed by atoms with E-state index in [4.69, 9.17) is 9.47 Å². The third kappa shape index (κ3) is 3.92. The van der Waals surface area contributed by atoms with Crippen LogP contribution in [0.3, 0.4) is 0 Å². The van der Waals surface area contributed by atoms with E-state index < -0.39 is 12.2 Å². The summed E-state index contributed by atoms with van der Waals surface area (Å²) in [6.45, 7) is 2.43. The number of aliphatic hydroxyl groups is 1. The summed E-state index contributed by atoms with van der Waals surface area (Å²) in [4.78, 5) is 29.5. The number of anilines is 2. The Hall–Kier alpha value is -2.96. The third-order valence-corrected chi connectivity index (χ3v) is 8.95. The summed E-state index contributed by atoms with van der Waals surface area (Å²) in [6.07, 6.45) is 0.0956. The zero-order valence-electron chi connectivity index (χ0n) is 20.6. The summed E-state index contributed by atoms with van der Waals surface area (Å²) in [6, 6.07) is 12.4. The van der Waals surface area contributed by atoms with Crippen molar-refractivity contribution in [3.8, 4) is 0 Å². The molecule has 0 spiro atoms. The van der Waals surface area contributed by atoms with Crippen LogP contribution in [-0.4, -0.2) is 71.2 Å². The number of aliphatic hydroxyl groups excluding tert-OH is 1. The average molecular weight is 539 g/mol. The van der Waals surface area contributed by atoms with Crippen molar-refractivity contribution >= 4 is 39.9 Å². The van der Waals surface area contributed by atoms with E-state index >= 15 is 0 Å². The van der Waals surface area contributed by atoms with Gasteiger partial charge in [-0.25, -0.2) is 4.39 Å². The maximum absolute atomic E-state index is 14.9. The van der Waals surface area contributed by atoms with Crippen LogP contribution in [0.15, 0.2) is 52.2 Å². The van der Waals surface area contributed by atoms with Crippen molar-refractivity contribution in [2.45, 2.75) is 36.0 Å². The van der Waals surface area contributed by atoms with Gasteiger partial charge < -0.3 is 34.3 Å². The maximum Gasteiger partial charge on any atom is 0.251 e. The van der Waals surface area contributed by atoms with Gasteiger partial charge in [-0.3, -0.25) is 9.59 Å². The molecular formula is C27H27FN4O5S. The minimum Gasteiger partial charge on any atom is -0.395 e. The normalized spacial score (nSPS) is 25.1. The number of nitrogens with one attached hydrogen (secondary N) is 1. The molecule has 2 N–H and O–H groups in total. The number of ether oxygens (including phenoxy) is 2. The van der Waals surface area contributed by atoms with Crippen LogP contribution in [-0.2, 0) is 20.8 Å². The van der Waals surface area contributed by atoms with E-state index in [0.717, 1.165) is 21.7 Å². The van der Waals surface area contributed by atoms with E-state index in [-0.39, 0.29) is 29.8 Å². The highest BCUT2D eigenvalue weighted by atomic mass is 32.2. The Balaban J connectivity index is 1.04. The van der Waals surface area contributed by atoms with E-state index in [0.29, 0.717) is 56.0 Å².